The van der Waals surface area contributed by atoms with E-state index in [0.29, 0.717) is 6.54 Å². The van der Waals surface area contributed by atoms with Crippen LogP contribution >= 0.6 is 11.3 Å². The Kier molecular flexibility index (Phi) is 5.41. The number of rotatable bonds is 4. The summed E-state index contributed by atoms with van der Waals surface area (Å²) in [4.78, 5) is 21.5. The number of piperazine rings is 1. The molecule has 0 bridgehead atoms. The van der Waals surface area contributed by atoms with Crippen molar-refractivity contribution in [3.05, 3.63) is 70.2 Å². The fraction of sp³-hybridized carbons (Fsp3) is 0.273. The lowest BCUT2D eigenvalue weighted by Crippen LogP contribution is -2.48. The van der Waals surface area contributed by atoms with E-state index in [0.717, 1.165) is 45.3 Å². The number of pyridine rings is 1. The number of ether oxygens (including phenoxy) is 1. The van der Waals surface area contributed by atoms with Gasteiger partial charge in [0.15, 0.2) is 0 Å². The average Bonchev–Trinajstić information content (AvgIpc) is 3.15. The van der Waals surface area contributed by atoms with Crippen LogP contribution in [0.5, 0.6) is 5.75 Å². The van der Waals surface area contributed by atoms with Gasteiger partial charge in [0.25, 0.3) is 5.91 Å². The van der Waals surface area contributed by atoms with Gasteiger partial charge >= 0.3 is 0 Å². The molecule has 0 aliphatic carbocycles. The van der Waals surface area contributed by atoms with Crippen LogP contribution in [-0.4, -0.2) is 42.5 Å². The summed E-state index contributed by atoms with van der Waals surface area (Å²) >= 11 is 1.56. The monoisotopic (exact) mass is 393 g/mol. The molecular formula is C22H23N3O2S. The maximum atomic E-state index is 13.3. The normalized spacial score (nSPS) is 16.8. The van der Waals surface area contributed by atoms with Crippen LogP contribution in [0.25, 0.3) is 11.1 Å². The van der Waals surface area contributed by atoms with Crippen molar-refractivity contribution in [1.29, 1.82) is 0 Å². The van der Waals surface area contributed by atoms with Crippen LogP contribution in [0.1, 0.15) is 26.2 Å². The van der Waals surface area contributed by atoms with E-state index >= 15 is 0 Å². The van der Waals surface area contributed by atoms with E-state index in [1.165, 1.54) is 0 Å². The van der Waals surface area contributed by atoms with Crippen molar-refractivity contribution in [3.8, 4) is 16.9 Å². The number of hydrogen-bond donors (Lipinski definition) is 1. The van der Waals surface area contributed by atoms with Crippen molar-refractivity contribution in [2.45, 2.75) is 13.0 Å². The molecule has 1 aromatic carbocycles. The zero-order chi connectivity index (χ0) is 19.5. The smallest absolute Gasteiger partial charge is 0.264 e. The topological polar surface area (TPSA) is 54.5 Å². The van der Waals surface area contributed by atoms with E-state index in [-0.39, 0.29) is 11.9 Å². The standard InChI is InChI=1S/C22H23N3O2S/c1-15-19(16-5-7-18(27-2)8-6-16)12-21(28-15)22(26)25-11-10-24-14-20(25)17-4-3-9-23-13-17/h3-9,12-13,20,24H,10-11,14H2,1-2H3. The third-order valence-electron chi connectivity index (χ3n) is 5.10. The van der Waals surface area contributed by atoms with E-state index in [2.05, 4.69) is 17.2 Å². The van der Waals surface area contributed by atoms with Crippen LogP contribution < -0.4 is 10.1 Å². The minimum atomic E-state index is 0.00166. The Morgan fingerprint density at radius 3 is 2.82 bits per heavy atom. The van der Waals surface area contributed by atoms with Gasteiger partial charge in [0.2, 0.25) is 0 Å². The van der Waals surface area contributed by atoms with Crippen LogP contribution in [0.3, 0.4) is 0 Å². The number of carbonyl (C=O) groups is 1. The Balaban J connectivity index is 1.62. The van der Waals surface area contributed by atoms with Gasteiger partial charge < -0.3 is 15.0 Å². The van der Waals surface area contributed by atoms with Gasteiger partial charge in [-0.2, -0.15) is 0 Å². The summed E-state index contributed by atoms with van der Waals surface area (Å²) in [7, 11) is 1.66. The van der Waals surface area contributed by atoms with E-state index in [1.807, 2.05) is 53.6 Å². The quantitative estimate of drug-likeness (QED) is 0.730. The SMILES string of the molecule is COc1ccc(-c2cc(C(=O)N3CCNCC3c3cccnc3)sc2C)cc1. The van der Waals surface area contributed by atoms with Gasteiger partial charge in [0, 0.05) is 36.9 Å². The molecular weight excluding hydrogens is 370 g/mol. The summed E-state index contributed by atoms with van der Waals surface area (Å²) < 4.78 is 5.24. The lowest BCUT2D eigenvalue weighted by Gasteiger charge is -2.36. The zero-order valence-electron chi connectivity index (χ0n) is 16.0. The molecule has 3 aromatic rings. The molecule has 2 aromatic heterocycles. The van der Waals surface area contributed by atoms with Crippen molar-refractivity contribution in [1.82, 2.24) is 15.2 Å². The fourth-order valence-corrected chi connectivity index (χ4v) is 4.60. The first-order valence-corrected chi connectivity index (χ1v) is 10.2. The summed E-state index contributed by atoms with van der Waals surface area (Å²) in [5.74, 6) is 0.913. The van der Waals surface area contributed by atoms with E-state index in [1.54, 1.807) is 24.6 Å². The first-order chi connectivity index (χ1) is 13.7. The molecule has 1 unspecified atom stereocenters. The summed E-state index contributed by atoms with van der Waals surface area (Å²) in [6.07, 6.45) is 3.61. The average molecular weight is 394 g/mol. The highest BCUT2D eigenvalue weighted by atomic mass is 32.1. The molecule has 4 rings (SSSR count). The third-order valence-corrected chi connectivity index (χ3v) is 6.14. The highest BCUT2D eigenvalue weighted by Crippen LogP contribution is 2.34. The highest BCUT2D eigenvalue weighted by molar-refractivity contribution is 7.14. The third kappa shape index (κ3) is 3.66. The molecule has 1 fully saturated rings. The zero-order valence-corrected chi connectivity index (χ0v) is 16.8. The van der Waals surface area contributed by atoms with Gasteiger partial charge in [-0.3, -0.25) is 9.78 Å². The molecule has 6 heteroatoms. The molecule has 1 aliphatic rings. The molecule has 1 aliphatic heterocycles. The maximum absolute atomic E-state index is 13.3. The maximum Gasteiger partial charge on any atom is 0.264 e. The molecule has 1 saturated heterocycles. The second-order valence-corrected chi connectivity index (χ2v) is 8.07. The second kappa shape index (κ2) is 8.12. The summed E-state index contributed by atoms with van der Waals surface area (Å²) in [6.45, 7) is 4.30. The van der Waals surface area contributed by atoms with Crippen LogP contribution in [-0.2, 0) is 0 Å². The lowest BCUT2D eigenvalue weighted by molar-refractivity contribution is 0.0639. The van der Waals surface area contributed by atoms with Gasteiger partial charge in [-0.05, 0) is 47.9 Å². The molecule has 0 spiro atoms. The predicted octanol–water partition coefficient (Wildman–Crippen LogP) is 3.91. The molecule has 28 heavy (non-hydrogen) atoms. The number of benzene rings is 1. The van der Waals surface area contributed by atoms with Gasteiger partial charge in [0.1, 0.15) is 5.75 Å². The molecule has 1 atom stereocenters. The van der Waals surface area contributed by atoms with Gasteiger partial charge in [-0.1, -0.05) is 18.2 Å². The van der Waals surface area contributed by atoms with Crippen LogP contribution in [0.4, 0.5) is 0 Å². The van der Waals surface area contributed by atoms with Crippen molar-refractivity contribution >= 4 is 17.2 Å². The Labute approximate surface area is 169 Å². The number of aryl methyl sites for hydroxylation is 1. The number of carbonyl (C=O) groups excluding carboxylic acids is 1. The van der Waals surface area contributed by atoms with Crippen molar-refractivity contribution < 1.29 is 9.53 Å². The minimum absolute atomic E-state index is 0.00166. The number of aromatic nitrogens is 1. The van der Waals surface area contributed by atoms with Crippen molar-refractivity contribution in [2.24, 2.45) is 0 Å². The molecule has 0 saturated carbocycles. The number of thiophene rings is 1. The van der Waals surface area contributed by atoms with Crippen molar-refractivity contribution in [2.75, 3.05) is 26.7 Å². The molecule has 1 amide bonds. The number of nitrogens with zero attached hydrogens (tertiary/aromatic N) is 2. The fourth-order valence-electron chi connectivity index (χ4n) is 3.60. The predicted molar refractivity (Wildman–Crippen MR) is 112 cm³/mol. The van der Waals surface area contributed by atoms with Crippen LogP contribution in [0.15, 0.2) is 54.9 Å². The number of amides is 1. The number of nitrogens with one attached hydrogen (secondary N) is 1. The summed E-state index contributed by atoms with van der Waals surface area (Å²) in [5.41, 5.74) is 3.26. The van der Waals surface area contributed by atoms with E-state index < -0.39 is 0 Å². The largest absolute Gasteiger partial charge is 0.497 e. The van der Waals surface area contributed by atoms with Gasteiger partial charge in [0.05, 0.1) is 18.0 Å². The molecule has 0 radical (unpaired) electrons. The molecule has 1 N–H and O–H groups in total. The molecule has 144 valence electrons. The minimum Gasteiger partial charge on any atom is -0.497 e. The summed E-state index contributed by atoms with van der Waals surface area (Å²) in [6, 6.07) is 13.9. The summed E-state index contributed by atoms with van der Waals surface area (Å²) in [5, 5.41) is 3.39. The molecule has 3 heterocycles. The first-order valence-electron chi connectivity index (χ1n) is 9.34. The lowest BCUT2D eigenvalue weighted by atomic mass is 10.0. The van der Waals surface area contributed by atoms with Crippen LogP contribution in [0.2, 0.25) is 0 Å². The van der Waals surface area contributed by atoms with E-state index in [9.17, 15) is 4.79 Å². The Bertz CT molecular complexity index is 954. The van der Waals surface area contributed by atoms with Gasteiger partial charge in [-0.25, -0.2) is 0 Å². The number of methoxy groups -OCH3 is 1. The van der Waals surface area contributed by atoms with Crippen molar-refractivity contribution in [3.63, 3.8) is 0 Å². The first kappa shape index (κ1) is 18.7. The Hall–Kier alpha value is -2.70. The molecule has 5 nitrogen and oxygen atoms in total. The van der Waals surface area contributed by atoms with E-state index in [4.69, 9.17) is 4.74 Å². The Morgan fingerprint density at radius 1 is 1.29 bits per heavy atom. The number of hydrogen-bond acceptors (Lipinski definition) is 5. The van der Waals surface area contributed by atoms with Crippen LogP contribution in [0, 0.1) is 6.92 Å². The highest BCUT2D eigenvalue weighted by Gasteiger charge is 2.30. The Morgan fingerprint density at radius 2 is 2.11 bits per heavy atom. The van der Waals surface area contributed by atoms with Gasteiger partial charge in [-0.15, -0.1) is 11.3 Å². The second-order valence-electron chi connectivity index (χ2n) is 6.81.